The first-order valence-electron chi connectivity index (χ1n) is 8.35. The van der Waals surface area contributed by atoms with Crippen LogP contribution in [-0.2, 0) is 0 Å². The molecular weight excluding hydrogens is 244 g/mol. The maximum absolute atomic E-state index is 3.68. The summed E-state index contributed by atoms with van der Waals surface area (Å²) in [6.07, 6.45) is 4.85. The van der Waals surface area contributed by atoms with Crippen molar-refractivity contribution in [1.29, 1.82) is 0 Å². The first-order chi connectivity index (χ1) is 9.78. The second-order valence-corrected chi connectivity index (χ2v) is 5.41. The molecule has 0 radical (unpaired) electrons. The zero-order chi connectivity index (χ0) is 14.8. The van der Waals surface area contributed by atoms with Crippen LogP contribution in [0.25, 0.3) is 0 Å². The lowest BCUT2D eigenvalue weighted by Gasteiger charge is -2.29. The van der Waals surface area contributed by atoms with Gasteiger partial charge in [-0.05, 0) is 44.4 Å². The van der Waals surface area contributed by atoms with Gasteiger partial charge in [0.15, 0.2) is 0 Å². The van der Waals surface area contributed by atoms with Crippen LogP contribution in [0.2, 0.25) is 0 Å². The van der Waals surface area contributed by atoms with Crippen molar-refractivity contribution in [3.63, 3.8) is 0 Å². The third kappa shape index (κ3) is 4.82. The molecule has 1 aromatic rings. The van der Waals surface area contributed by atoms with Crippen molar-refractivity contribution in [2.24, 2.45) is 0 Å². The van der Waals surface area contributed by atoms with Gasteiger partial charge < -0.3 is 10.2 Å². The second-order valence-electron chi connectivity index (χ2n) is 5.41. The Kier molecular flexibility index (Phi) is 8.36. The van der Waals surface area contributed by atoms with E-state index in [4.69, 9.17) is 0 Å². The fraction of sp³-hybridized carbons (Fsp3) is 0.667. The molecule has 2 nitrogen and oxygen atoms in total. The van der Waals surface area contributed by atoms with Crippen molar-refractivity contribution in [2.45, 2.75) is 59.4 Å². The molecule has 0 aliphatic heterocycles. The summed E-state index contributed by atoms with van der Waals surface area (Å²) in [4.78, 5) is 2.52. The van der Waals surface area contributed by atoms with Crippen LogP contribution >= 0.6 is 0 Å². The zero-order valence-electron chi connectivity index (χ0n) is 13.8. The number of hydrogen-bond donors (Lipinski definition) is 1. The molecule has 1 rings (SSSR count). The summed E-state index contributed by atoms with van der Waals surface area (Å²) in [6.45, 7) is 12.4. The molecule has 0 saturated heterocycles. The molecule has 1 aromatic carbocycles. The molecule has 0 aromatic heterocycles. The molecule has 1 unspecified atom stereocenters. The van der Waals surface area contributed by atoms with Gasteiger partial charge in [0, 0.05) is 24.8 Å². The number of unbranched alkanes of at least 4 members (excludes halogenated alkanes) is 1. The van der Waals surface area contributed by atoms with E-state index in [-0.39, 0.29) is 0 Å². The SMILES string of the molecule is CCCCN(CC)c1ccccc1C(CC)NCCC. The van der Waals surface area contributed by atoms with Crippen LogP contribution in [-0.4, -0.2) is 19.6 Å². The number of anilines is 1. The number of benzene rings is 1. The van der Waals surface area contributed by atoms with Crippen LogP contribution in [0.4, 0.5) is 5.69 Å². The number of hydrogen-bond acceptors (Lipinski definition) is 2. The van der Waals surface area contributed by atoms with Gasteiger partial charge in [-0.2, -0.15) is 0 Å². The van der Waals surface area contributed by atoms with Crippen molar-refractivity contribution in [2.75, 3.05) is 24.5 Å². The van der Waals surface area contributed by atoms with E-state index in [9.17, 15) is 0 Å². The first-order valence-corrected chi connectivity index (χ1v) is 8.35. The van der Waals surface area contributed by atoms with Crippen LogP contribution < -0.4 is 10.2 Å². The summed E-state index contributed by atoms with van der Waals surface area (Å²) in [5.74, 6) is 0. The maximum Gasteiger partial charge on any atom is 0.0414 e. The smallest absolute Gasteiger partial charge is 0.0414 e. The lowest BCUT2D eigenvalue weighted by Crippen LogP contribution is -2.28. The van der Waals surface area contributed by atoms with Gasteiger partial charge >= 0.3 is 0 Å². The molecule has 0 fully saturated rings. The van der Waals surface area contributed by atoms with E-state index in [1.165, 1.54) is 30.5 Å². The first kappa shape index (κ1) is 17.0. The molecule has 0 aliphatic rings. The minimum atomic E-state index is 0.474. The average Bonchev–Trinajstić information content (AvgIpc) is 2.50. The number of nitrogens with one attached hydrogen (secondary N) is 1. The van der Waals surface area contributed by atoms with Gasteiger partial charge in [-0.3, -0.25) is 0 Å². The summed E-state index contributed by atoms with van der Waals surface area (Å²) in [6, 6.07) is 9.38. The molecule has 0 aliphatic carbocycles. The lowest BCUT2D eigenvalue weighted by molar-refractivity contribution is 0.517. The average molecular weight is 276 g/mol. The van der Waals surface area contributed by atoms with E-state index in [0.717, 1.165) is 26.1 Å². The molecular formula is C18H32N2. The van der Waals surface area contributed by atoms with Crippen LogP contribution in [0.3, 0.4) is 0 Å². The highest BCUT2D eigenvalue weighted by Crippen LogP contribution is 2.28. The molecule has 114 valence electrons. The summed E-state index contributed by atoms with van der Waals surface area (Å²) >= 11 is 0. The van der Waals surface area contributed by atoms with Gasteiger partial charge in [0.2, 0.25) is 0 Å². The minimum Gasteiger partial charge on any atom is -0.372 e. The van der Waals surface area contributed by atoms with Gasteiger partial charge in [-0.15, -0.1) is 0 Å². The summed E-state index contributed by atoms with van der Waals surface area (Å²) in [5, 5.41) is 3.68. The van der Waals surface area contributed by atoms with E-state index in [1.807, 2.05) is 0 Å². The minimum absolute atomic E-state index is 0.474. The summed E-state index contributed by atoms with van der Waals surface area (Å²) < 4.78 is 0. The van der Waals surface area contributed by atoms with Gasteiger partial charge in [0.1, 0.15) is 0 Å². The molecule has 0 bridgehead atoms. The topological polar surface area (TPSA) is 15.3 Å². The Morgan fingerprint density at radius 2 is 1.80 bits per heavy atom. The Balaban J connectivity index is 2.94. The number of para-hydroxylation sites is 1. The third-order valence-electron chi connectivity index (χ3n) is 3.87. The molecule has 0 amide bonds. The fourth-order valence-electron chi connectivity index (χ4n) is 2.66. The van der Waals surface area contributed by atoms with Crippen LogP contribution in [0.1, 0.15) is 65.0 Å². The fourth-order valence-corrected chi connectivity index (χ4v) is 2.66. The van der Waals surface area contributed by atoms with Crippen molar-refractivity contribution >= 4 is 5.69 Å². The van der Waals surface area contributed by atoms with Gasteiger partial charge in [-0.25, -0.2) is 0 Å². The van der Waals surface area contributed by atoms with Gasteiger partial charge in [0.05, 0.1) is 0 Å². The highest BCUT2D eigenvalue weighted by molar-refractivity contribution is 5.55. The van der Waals surface area contributed by atoms with Crippen molar-refractivity contribution in [3.8, 4) is 0 Å². The predicted octanol–water partition coefficient (Wildman–Crippen LogP) is 4.76. The Labute approximate surface area is 125 Å². The second kappa shape index (κ2) is 9.82. The Morgan fingerprint density at radius 3 is 2.40 bits per heavy atom. The Bertz CT molecular complexity index is 327. The van der Waals surface area contributed by atoms with Crippen molar-refractivity contribution in [3.05, 3.63) is 29.8 Å². The monoisotopic (exact) mass is 276 g/mol. The van der Waals surface area contributed by atoms with Crippen LogP contribution in [0.5, 0.6) is 0 Å². The molecule has 2 heteroatoms. The van der Waals surface area contributed by atoms with Crippen molar-refractivity contribution < 1.29 is 0 Å². The molecule has 1 N–H and O–H groups in total. The molecule has 0 saturated carbocycles. The highest BCUT2D eigenvalue weighted by atomic mass is 15.1. The highest BCUT2D eigenvalue weighted by Gasteiger charge is 2.15. The van der Waals surface area contributed by atoms with Crippen molar-refractivity contribution in [1.82, 2.24) is 5.32 Å². The Hall–Kier alpha value is -1.02. The van der Waals surface area contributed by atoms with E-state index in [0.29, 0.717) is 6.04 Å². The predicted molar refractivity (Wildman–Crippen MR) is 90.6 cm³/mol. The number of nitrogens with zero attached hydrogens (tertiary/aromatic N) is 1. The summed E-state index contributed by atoms with van der Waals surface area (Å²) in [5.41, 5.74) is 2.88. The zero-order valence-corrected chi connectivity index (χ0v) is 13.8. The maximum atomic E-state index is 3.68. The molecule has 0 spiro atoms. The van der Waals surface area contributed by atoms with Crippen LogP contribution in [0.15, 0.2) is 24.3 Å². The van der Waals surface area contributed by atoms with Gasteiger partial charge in [0.25, 0.3) is 0 Å². The lowest BCUT2D eigenvalue weighted by atomic mass is 10.0. The third-order valence-corrected chi connectivity index (χ3v) is 3.87. The normalized spacial score (nSPS) is 12.4. The Morgan fingerprint density at radius 1 is 1.05 bits per heavy atom. The summed E-state index contributed by atoms with van der Waals surface area (Å²) in [7, 11) is 0. The van der Waals surface area contributed by atoms with E-state index in [1.54, 1.807) is 0 Å². The van der Waals surface area contributed by atoms with E-state index < -0.39 is 0 Å². The quantitative estimate of drug-likeness (QED) is 0.662. The van der Waals surface area contributed by atoms with Crippen LogP contribution in [0, 0.1) is 0 Å². The largest absolute Gasteiger partial charge is 0.372 e. The number of rotatable bonds is 10. The molecule has 0 heterocycles. The van der Waals surface area contributed by atoms with Gasteiger partial charge in [-0.1, -0.05) is 45.4 Å². The standard InChI is InChI=1S/C18H32N2/c1-5-9-15-20(8-4)18-13-11-10-12-16(18)17(7-3)19-14-6-2/h10-13,17,19H,5-9,14-15H2,1-4H3. The molecule has 1 atom stereocenters. The molecule has 20 heavy (non-hydrogen) atoms. The van der Waals surface area contributed by atoms with E-state index in [2.05, 4.69) is 62.2 Å². The van der Waals surface area contributed by atoms with E-state index >= 15 is 0 Å².